The smallest absolute Gasteiger partial charge is 0.406 e. The third-order valence-electron chi connectivity index (χ3n) is 6.41. The van der Waals surface area contributed by atoms with Crippen LogP contribution in [0, 0.1) is 11.7 Å². The van der Waals surface area contributed by atoms with Crippen molar-refractivity contribution in [2.45, 2.75) is 44.1 Å². The van der Waals surface area contributed by atoms with Gasteiger partial charge >= 0.3 is 12.4 Å². The number of alkyl halides is 3. The lowest BCUT2D eigenvalue weighted by molar-refractivity contribution is -0.274. The summed E-state index contributed by atoms with van der Waals surface area (Å²) in [5, 5.41) is 6.77. The summed E-state index contributed by atoms with van der Waals surface area (Å²) in [5.74, 6) is -1.35. The second kappa shape index (κ2) is 9.25. The number of hydrogen-bond donors (Lipinski definition) is 1. The number of amides is 3. The quantitative estimate of drug-likeness (QED) is 0.503. The molecule has 8 nitrogen and oxygen atoms in total. The van der Waals surface area contributed by atoms with E-state index in [1.165, 1.54) is 30.3 Å². The van der Waals surface area contributed by atoms with Gasteiger partial charge in [-0.25, -0.2) is 9.18 Å². The fourth-order valence-electron chi connectivity index (χ4n) is 4.66. The van der Waals surface area contributed by atoms with Crippen molar-refractivity contribution in [1.29, 1.82) is 0 Å². The number of benzene rings is 2. The van der Waals surface area contributed by atoms with Crippen molar-refractivity contribution in [3.8, 4) is 17.1 Å². The molecule has 2 aliphatic rings. The van der Waals surface area contributed by atoms with Crippen molar-refractivity contribution in [2.24, 2.45) is 5.92 Å². The number of fused-ring (bicyclic) bond motifs is 1. The predicted octanol–water partition coefficient (Wildman–Crippen LogP) is 4.78. The molecule has 3 amide bonds. The molecular weight excluding hydrogens is 484 g/mol. The van der Waals surface area contributed by atoms with Crippen LogP contribution in [0.4, 0.5) is 22.4 Å². The molecule has 0 radical (unpaired) electrons. The van der Waals surface area contributed by atoms with Gasteiger partial charge in [-0.05, 0) is 49.6 Å². The van der Waals surface area contributed by atoms with E-state index in [-0.39, 0.29) is 35.5 Å². The zero-order valence-corrected chi connectivity index (χ0v) is 18.7. The lowest BCUT2D eigenvalue weighted by Crippen LogP contribution is -2.61. The normalized spacial score (nSPS) is 22.2. The van der Waals surface area contributed by atoms with Gasteiger partial charge in [0.1, 0.15) is 11.6 Å². The zero-order chi connectivity index (χ0) is 25.4. The Morgan fingerprint density at radius 3 is 2.56 bits per heavy atom. The van der Waals surface area contributed by atoms with E-state index in [0.29, 0.717) is 30.7 Å². The second-order valence-electron chi connectivity index (χ2n) is 8.72. The first-order valence-electron chi connectivity index (χ1n) is 11.2. The Balaban J connectivity index is 1.25. The van der Waals surface area contributed by atoms with E-state index >= 15 is 0 Å². The Hall–Kier alpha value is -3.96. The summed E-state index contributed by atoms with van der Waals surface area (Å²) in [6.45, 7) is -0.149. The molecule has 1 aromatic heterocycles. The number of halogens is 4. The van der Waals surface area contributed by atoms with E-state index in [4.69, 9.17) is 4.52 Å². The van der Waals surface area contributed by atoms with Gasteiger partial charge in [0.25, 0.3) is 0 Å². The van der Waals surface area contributed by atoms with Crippen LogP contribution in [0.1, 0.15) is 36.6 Å². The lowest BCUT2D eigenvalue weighted by atomic mass is 9.76. The Bertz CT molecular complexity index is 1280. The van der Waals surface area contributed by atoms with E-state index < -0.39 is 30.2 Å². The fourth-order valence-corrected chi connectivity index (χ4v) is 4.66. The third-order valence-corrected chi connectivity index (χ3v) is 6.41. The molecule has 3 unspecified atom stereocenters. The SMILES string of the molecule is O=C1NC2CC(c3nc(-c4ccc(OC(F)(F)F)cc4)no3)CCC2C(=O)N1Cc1ccccc1F. The number of urea groups is 1. The first kappa shape index (κ1) is 23.8. The number of aromatic nitrogens is 2. The number of carbonyl (C=O) groups excluding carboxylic acids is 2. The van der Waals surface area contributed by atoms with Gasteiger partial charge in [-0.15, -0.1) is 13.2 Å². The molecule has 2 aromatic carbocycles. The van der Waals surface area contributed by atoms with E-state index in [2.05, 4.69) is 20.2 Å². The molecule has 3 atom stereocenters. The van der Waals surface area contributed by atoms with Crippen molar-refractivity contribution < 1.29 is 36.4 Å². The van der Waals surface area contributed by atoms with Crippen molar-refractivity contribution in [2.75, 3.05) is 0 Å². The number of nitrogens with one attached hydrogen (secondary N) is 1. The summed E-state index contributed by atoms with van der Waals surface area (Å²) in [5.41, 5.74) is 0.697. The molecular formula is C24H20F4N4O4. The predicted molar refractivity (Wildman–Crippen MR) is 116 cm³/mol. The average molecular weight is 504 g/mol. The molecule has 1 aliphatic heterocycles. The van der Waals surface area contributed by atoms with Gasteiger partial charge in [0.15, 0.2) is 0 Å². The maximum atomic E-state index is 14.0. The minimum atomic E-state index is -4.79. The standard InChI is InChI=1S/C24H20F4N4O4/c25-18-4-2-1-3-15(18)12-32-22(33)17-10-7-14(11-19(17)29-23(32)34)21-30-20(31-36-21)13-5-8-16(9-6-13)35-24(26,27)28/h1-6,8-9,14,17,19H,7,10-12H2,(H,29,34). The van der Waals surface area contributed by atoms with Crippen LogP contribution in [0.3, 0.4) is 0 Å². The first-order chi connectivity index (χ1) is 17.2. The summed E-state index contributed by atoms with van der Waals surface area (Å²) in [6, 6.07) is 10.0. The molecule has 3 aromatic rings. The van der Waals surface area contributed by atoms with Crippen LogP contribution >= 0.6 is 0 Å². The van der Waals surface area contributed by atoms with Crippen LogP contribution < -0.4 is 10.1 Å². The minimum absolute atomic E-state index is 0.149. The highest BCUT2D eigenvalue weighted by atomic mass is 19.4. The van der Waals surface area contributed by atoms with Gasteiger partial charge in [0.2, 0.25) is 17.6 Å². The zero-order valence-electron chi connectivity index (χ0n) is 18.7. The lowest BCUT2D eigenvalue weighted by Gasteiger charge is -2.41. The van der Waals surface area contributed by atoms with Gasteiger partial charge in [-0.3, -0.25) is 9.69 Å². The Labute approximate surface area is 202 Å². The molecule has 0 bridgehead atoms. The number of hydrogen-bond acceptors (Lipinski definition) is 6. The Morgan fingerprint density at radius 1 is 1.08 bits per heavy atom. The van der Waals surface area contributed by atoms with Crippen LogP contribution in [0.15, 0.2) is 53.1 Å². The maximum Gasteiger partial charge on any atom is 0.573 e. The van der Waals surface area contributed by atoms with Crippen LogP contribution in [0.25, 0.3) is 11.4 Å². The van der Waals surface area contributed by atoms with Crippen LogP contribution in [-0.2, 0) is 11.3 Å². The Morgan fingerprint density at radius 2 is 1.83 bits per heavy atom. The summed E-state index contributed by atoms with van der Waals surface area (Å²) in [6.07, 6.45) is -3.38. The van der Waals surface area contributed by atoms with E-state index in [0.717, 1.165) is 17.0 Å². The topological polar surface area (TPSA) is 97.6 Å². The van der Waals surface area contributed by atoms with Crippen LogP contribution in [-0.4, -0.2) is 39.4 Å². The van der Waals surface area contributed by atoms with Gasteiger partial charge in [0, 0.05) is 23.1 Å². The largest absolute Gasteiger partial charge is 0.573 e. The molecule has 5 rings (SSSR count). The number of nitrogens with zero attached hydrogens (tertiary/aromatic N) is 3. The molecule has 2 heterocycles. The van der Waals surface area contributed by atoms with E-state index in [1.54, 1.807) is 6.07 Å². The van der Waals surface area contributed by atoms with Crippen LogP contribution in [0.5, 0.6) is 5.75 Å². The summed E-state index contributed by atoms with van der Waals surface area (Å²) >= 11 is 0. The molecule has 36 heavy (non-hydrogen) atoms. The van der Waals surface area contributed by atoms with Gasteiger partial charge in [0.05, 0.1) is 12.5 Å². The molecule has 1 aliphatic carbocycles. The van der Waals surface area contributed by atoms with E-state index in [1.807, 2.05) is 0 Å². The van der Waals surface area contributed by atoms with Gasteiger partial charge in [-0.1, -0.05) is 23.4 Å². The molecule has 0 spiro atoms. The molecule has 12 heteroatoms. The van der Waals surface area contributed by atoms with Crippen molar-refractivity contribution in [3.05, 3.63) is 65.8 Å². The molecule has 188 valence electrons. The molecule has 2 fully saturated rings. The number of imide groups is 1. The first-order valence-corrected chi connectivity index (χ1v) is 11.2. The average Bonchev–Trinajstić information content (AvgIpc) is 3.32. The maximum absolute atomic E-state index is 14.0. The second-order valence-corrected chi connectivity index (χ2v) is 8.72. The van der Waals surface area contributed by atoms with Crippen molar-refractivity contribution in [3.63, 3.8) is 0 Å². The highest BCUT2D eigenvalue weighted by molar-refractivity contribution is 5.98. The number of carbonyl (C=O) groups is 2. The van der Waals surface area contributed by atoms with E-state index in [9.17, 15) is 27.2 Å². The minimum Gasteiger partial charge on any atom is -0.406 e. The highest BCUT2D eigenvalue weighted by Crippen LogP contribution is 2.39. The third kappa shape index (κ3) is 4.88. The summed E-state index contributed by atoms with van der Waals surface area (Å²) < 4.78 is 60.3. The monoisotopic (exact) mass is 504 g/mol. The van der Waals surface area contributed by atoms with Gasteiger partial charge in [-0.2, -0.15) is 4.98 Å². The van der Waals surface area contributed by atoms with Gasteiger partial charge < -0.3 is 14.6 Å². The molecule has 1 saturated heterocycles. The van der Waals surface area contributed by atoms with Crippen molar-refractivity contribution in [1.82, 2.24) is 20.4 Å². The number of ether oxygens (including phenoxy) is 1. The van der Waals surface area contributed by atoms with Crippen molar-refractivity contribution >= 4 is 11.9 Å². The van der Waals surface area contributed by atoms with Crippen LogP contribution in [0.2, 0.25) is 0 Å². The molecule has 1 N–H and O–H groups in total. The number of rotatable bonds is 5. The fraction of sp³-hybridized carbons (Fsp3) is 0.333. The Kier molecular flexibility index (Phi) is 6.10. The molecule has 1 saturated carbocycles. The summed E-state index contributed by atoms with van der Waals surface area (Å²) in [4.78, 5) is 31.1. The highest BCUT2D eigenvalue weighted by Gasteiger charge is 2.45. The summed E-state index contributed by atoms with van der Waals surface area (Å²) in [7, 11) is 0.